The minimum absolute atomic E-state index is 0.0156. The van der Waals surface area contributed by atoms with E-state index in [-0.39, 0.29) is 17.5 Å². The zero-order valence-electron chi connectivity index (χ0n) is 12.0. The summed E-state index contributed by atoms with van der Waals surface area (Å²) in [5.74, 6) is 0.0156. The van der Waals surface area contributed by atoms with Gasteiger partial charge in [-0.2, -0.15) is 0 Å². The molecule has 20 heavy (non-hydrogen) atoms. The van der Waals surface area contributed by atoms with Gasteiger partial charge in [0, 0.05) is 17.0 Å². The molecule has 3 N–H and O–H groups in total. The number of nitrogens with one attached hydrogen (secondary N) is 1. The van der Waals surface area contributed by atoms with Gasteiger partial charge in [-0.05, 0) is 31.4 Å². The first-order chi connectivity index (χ1) is 9.50. The van der Waals surface area contributed by atoms with Crippen molar-refractivity contribution >= 4 is 17.5 Å². The molecule has 4 heteroatoms. The quantitative estimate of drug-likeness (QED) is 0.892. The third-order valence-electron chi connectivity index (χ3n) is 4.11. The smallest absolute Gasteiger partial charge is 0.222 e. The van der Waals surface area contributed by atoms with E-state index in [2.05, 4.69) is 5.32 Å². The molecule has 0 heterocycles. The molecule has 0 bridgehead atoms. The number of benzene rings is 1. The van der Waals surface area contributed by atoms with Gasteiger partial charge in [-0.15, -0.1) is 0 Å². The van der Waals surface area contributed by atoms with Crippen LogP contribution in [-0.4, -0.2) is 11.4 Å². The second-order valence-corrected chi connectivity index (χ2v) is 6.32. The summed E-state index contributed by atoms with van der Waals surface area (Å²) in [5, 5.41) is 3.69. The molecule has 1 saturated carbocycles. The fourth-order valence-corrected chi connectivity index (χ4v) is 3.25. The number of hydrogen-bond donors (Lipinski definition) is 2. The van der Waals surface area contributed by atoms with E-state index < -0.39 is 0 Å². The van der Waals surface area contributed by atoms with E-state index in [4.69, 9.17) is 17.3 Å². The van der Waals surface area contributed by atoms with E-state index in [1.54, 1.807) is 0 Å². The van der Waals surface area contributed by atoms with Crippen molar-refractivity contribution < 1.29 is 4.79 Å². The van der Waals surface area contributed by atoms with Crippen LogP contribution in [0, 0.1) is 0 Å². The van der Waals surface area contributed by atoms with Gasteiger partial charge >= 0.3 is 0 Å². The van der Waals surface area contributed by atoms with Crippen LogP contribution >= 0.6 is 11.6 Å². The maximum Gasteiger partial charge on any atom is 0.222 e. The van der Waals surface area contributed by atoms with Gasteiger partial charge in [0.05, 0.1) is 6.04 Å². The summed E-state index contributed by atoms with van der Waals surface area (Å²) in [5.41, 5.74) is 6.94. The van der Waals surface area contributed by atoms with Gasteiger partial charge < -0.3 is 11.1 Å². The Kier molecular flexibility index (Phi) is 5.06. The molecule has 2 rings (SSSR count). The highest BCUT2D eigenvalue weighted by molar-refractivity contribution is 6.31. The third kappa shape index (κ3) is 3.97. The molecule has 110 valence electrons. The number of nitrogens with two attached hydrogens (primary N) is 1. The average Bonchev–Trinajstić information content (AvgIpc) is 2.39. The lowest BCUT2D eigenvalue weighted by Crippen LogP contribution is -2.46. The largest absolute Gasteiger partial charge is 0.349 e. The van der Waals surface area contributed by atoms with Crippen LogP contribution in [0.25, 0.3) is 0 Å². The lowest BCUT2D eigenvalue weighted by atomic mass is 9.80. The van der Waals surface area contributed by atoms with Crippen LogP contribution in [0.5, 0.6) is 0 Å². The summed E-state index contributed by atoms with van der Waals surface area (Å²) in [6.45, 7) is 1.95. The third-order valence-corrected chi connectivity index (χ3v) is 4.46. The molecule has 0 saturated heterocycles. The van der Waals surface area contributed by atoms with Gasteiger partial charge in [0.15, 0.2) is 0 Å². The lowest BCUT2D eigenvalue weighted by Gasteiger charge is -2.33. The Hall–Kier alpha value is -1.06. The number of rotatable bonds is 4. The maximum atomic E-state index is 12.2. The van der Waals surface area contributed by atoms with Crippen molar-refractivity contribution in [2.45, 2.75) is 57.0 Å². The SMILES string of the molecule is C[C@H](NC(=O)CC1(N)CCCCC1)c1ccccc1Cl. The van der Waals surface area contributed by atoms with Crippen LogP contribution in [0.4, 0.5) is 0 Å². The Bertz CT molecular complexity index is 469. The van der Waals surface area contributed by atoms with E-state index >= 15 is 0 Å². The fraction of sp³-hybridized carbons (Fsp3) is 0.562. The summed E-state index contributed by atoms with van der Waals surface area (Å²) in [4.78, 5) is 12.2. The van der Waals surface area contributed by atoms with E-state index in [1.165, 1.54) is 6.42 Å². The first-order valence-electron chi connectivity index (χ1n) is 7.33. The Morgan fingerprint density at radius 2 is 2.00 bits per heavy atom. The molecule has 1 fully saturated rings. The minimum atomic E-state index is -0.317. The van der Waals surface area contributed by atoms with Crippen molar-refractivity contribution in [1.82, 2.24) is 5.32 Å². The van der Waals surface area contributed by atoms with Crippen molar-refractivity contribution in [2.75, 3.05) is 0 Å². The normalized spacial score (nSPS) is 19.4. The zero-order valence-corrected chi connectivity index (χ0v) is 12.7. The molecule has 0 aliphatic heterocycles. The molecule has 0 spiro atoms. The molecule has 3 nitrogen and oxygen atoms in total. The Labute approximate surface area is 125 Å². The fourth-order valence-electron chi connectivity index (χ4n) is 2.95. The highest BCUT2D eigenvalue weighted by Crippen LogP contribution is 2.29. The predicted molar refractivity (Wildman–Crippen MR) is 82.6 cm³/mol. The van der Waals surface area contributed by atoms with Crippen molar-refractivity contribution in [3.05, 3.63) is 34.9 Å². The molecular formula is C16H23ClN2O. The van der Waals surface area contributed by atoms with Gasteiger partial charge in [-0.25, -0.2) is 0 Å². The van der Waals surface area contributed by atoms with Crippen LogP contribution in [0.2, 0.25) is 5.02 Å². The molecule has 1 aliphatic carbocycles. The van der Waals surface area contributed by atoms with Crippen LogP contribution in [-0.2, 0) is 4.79 Å². The molecular weight excluding hydrogens is 272 g/mol. The monoisotopic (exact) mass is 294 g/mol. The summed E-state index contributed by atoms with van der Waals surface area (Å²) in [6, 6.07) is 7.49. The molecule has 1 aromatic rings. The summed E-state index contributed by atoms with van der Waals surface area (Å²) >= 11 is 6.15. The molecule has 0 unspecified atom stereocenters. The Balaban J connectivity index is 1.92. The van der Waals surface area contributed by atoms with Crippen molar-refractivity contribution in [3.8, 4) is 0 Å². The highest BCUT2D eigenvalue weighted by Gasteiger charge is 2.30. The number of carbonyl (C=O) groups is 1. The van der Waals surface area contributed by atoms with E-state index in [0.717, 1.165) is 31.2 Å². The first kappa shape index (κ1) is 15.3. The molecule has 1 amide bonds. The van der Waals surface area contributed by atoms with Crippen molar-refractivity contribution in [1.29, 1.82) is 0 Å². The van der Waals surface area contributed by atoms with Crippen molar-refractivity contribution in [2.24, 2.45) is 5.73 Å². The van der Waals surface area contributed by atoms with Crippen LogP contribution < -0.4 is 11.1 Å². The molecule has 1 aliphatic rings. The Morgan fingerprint density at radius 3 is 2.65 bits per heavy atom. The van der Waals surface area contributed by atoms with Gasteiger partial charge in [0.1, 0.15) is 0 Å². The number of halogens is 1. The topological polar surface area (TPSA) is 55.1 Å². The second kappa shape index (κ2) is 6.59. The van der Waals surface area contributed by atoms with E-state index in [9.17, 15) is 4.79 Å². The highest BCUT2D eigenvalue weighted by atomic mass is 35.5. The average molecular weight is 295 g/mol. The maximum absolute atomic E-state index is 12.2. The van der Waals surface area contributed by atoms with Crippen LogP contribution in [0.3, 0.4) is 0 Å². The van der Waals surface area contributed by atoms with E-state index in [0.29, 0.717) is 11.4 Å². The standard InChI is InChI=1S/C16H23ClN2O/c1-12(13-7-3-4-8-14(13)17)19-15(20)11-16(18)9-5-2-6-10-16/h3-4,7-8,12H,2,5-6,9-11,18H2,1H3,(H,19,20)/t12-/m0/s1. The van der Waals surface area contributed by atoms with Crippen LogP contribution in [0.1, 0.15) is 57.1 Å². The van der Waals surface area contributed by atoms with E-state index in [1.807, 2.05) is 31.2 Å². The molecule has 0 aromatic heterocycles. The minimum Gasteiger partial charge on any atom is -0.349 e. The van der Waals surface area contributed by atoms with Gasteiger partial charge in [0.2, 0.25) is 5.91 Å². The zero-order chi connectivity index (χ0) is 14.6. The summed E-state index contributed by atoms with van der Waals surface area (Å²) in [7, 11) is 0. The predicted octanol–water partition coefficient (Wildman–Crippen LogP) is 3.57. The molecule has 1 atom stereocenters. The Morgan fingerprint density at radius 1 is 1.35 bits per heavy atom. The second-order valence-electron chi connectivity index (χ2n) is 5.91. The number of amides is 1. The first-order valence-corrected chi connectivity index (χ1v) is 7.71. The number of hydrogen-bond acceptors (Lipinski definition) is 2. The van der Waals surface area contributed by atoms with Gasteiger partial charge in [0.25, 0.3) is 0 Å². The summed E-state index contributed by atoms with van der Waals surface area (Å²) < 4.78 is 0. The van der Waals surface area contributed by atoms with Gasteiger partial charge in [-0.3, -0.25) is 4.79 Å². The van der Waals surface area contributed by atoms with Gasteiger partial charge in [-0.1, -0.05) is 49.1 Å². The molecule has 1 aromatic carbocycles. The van der Waals surface area contributed by atoms with Crippen LogP contribution in [0.15, 0.2) is 24.3 Å². The summed E-state index contributed by atoms with van der Waals surface area (Å²) in [6.07, 6.45) is 5.79. The number of carbonyl (C=O) groups excluding carboxylic acids is 1. The molecule has 0 radical (unpaired) electrons. The lowest BCUT2D eigenvalue weighted by molar-refractivity contribution is -0.123. The van der Waals surface area contributed by atoms with Crippen molar-refractivity contribution in [3.63, 3.8) is 0 Å².